The van der Waals surface area contributed by atoms with Gasteiger partial charge in [0.15, 0.2) is 0 Å². The molecule has 0 aliphatic rings. The van der Waals surface area contributed by atoms with Crippen molar-refractivity contribution < 1.29 is 19.5 Å². The monoisotopic (exact) mass is 324 g/mol. The lowest BCUT2D eigenvalue weighted by Gasteiger charge is -2.10. The number of benzene rings is 1. The second-order valence-electron chi connectivity index (χ2n) is 4.71. The summed E-state index contributed by atoms with van der Waals surface area (Å²) in [5.41, 5.74) is 0.941. The van der Waals surface area contributed by atoms with Crippen LogP contribution >= 0.6 is 11.8 Å². The van der Waals surface area contributed by atoms with E-state index in [4.69, 9.17) is 5.11 Å². The quantitative estimate of drug-likeness (QED) is 0.635. The molecular weight excluding hydrogens is 304 g/mol. The molecule has 1 rings (SSSR count). The van der Waals surface area contributed by atoms with Gasteiger partial charge in [-0.25, -0.2) is 0 Å². The molecule has 1 aromatic carbocycles. The highest BCUT2D eigenvalue weighted by atomic mass is 32.2. The first kappa shape index (κ1) is 18.0. The largest absolute Gasteiger partial charge is 0.480 e. The lowest BCUT2D eigenvalue weighted by molar-refractivity contribution is -0.138. The van der Waals surface area contributed by atoms with Crippen molar-refractivity contribution in [3.05, 3.63) is 29.8 Å². The number of carboxylic acids is 1. The zero-order valence-corrected chi connectivity index (χ0v) is 13.4. The summed E-state index contributed by atoms with van der Waals surface area (Å²) in [6, 6.07) is 5.35. The summed E-state index contributed by atoms with van der Waals surface area (Å²) in [5.74, 6) is -0.316. The third-order valence-electron chi connectivity index (χ3n) is 2.73. The third-order valence-corrected chi connectivity index (χ3v) is 3.89. The topological polar surface area (TPSA) is 95.5 Å². The second-order valence-corrected chi connectivity index (χ2v) is 5.82. The number of carbonyl (C=O) groups is 3. The van der Waals surface area contributed by atoms with Crippen LogP contribution in [0, 0.1) is 0 Å². The molecule has 2 amide bonds. The van der Waals surface area contributed by atoms with E-state index in [0.717, 1.165) is 12.2 Å². The Morgan fingerprint density at radius 1 is 1.23 bits per heavy atom. The fourth-order valence-electron chi connectivity index (χ4n) is 1.55. The fourth-order valence-corrected chi connectivity index (χ4v) is 2.24. The summed E-state index contributed by atoms with van der Waals surface area (Å²) < 4.78 is 0. The number of thioether (sulfide) groups is 1. The number of hydrogen-bond acceptors (Lipinski definition) is 4. The highest BCUT2D eigenvalue weighted by Gasteiger charge is 2.15. The van der Waals surface area contributed by atoms with Crippen LogP contribution in [-0.4, -0.2) is 40.4 Å². The maximum Gasteiger partial charge on any atom is 0.325 e. The van der Waals surface area contributed by atoms with E-state index < -0.39 is 17.9 Å². The molecule has 0 radical (unpaired) electrons. The van der Waals surface area contributed by atoms with Crippen molar-refractivity contribution in [3.8, 4) is 0 Å². The third kappa shape index (κ3) is 6.17. The first-order chi connectivity index (χ1) is 10.4. The predicted molar refractivity (Wildman–Crippen MR) is 87.3 cm³/mol. The Bertz CT molecular complexity index is 531. The van der Waals surface area contributed by atoms with Crippen molar-refractivity contribution in [2.75, 3.05) is 16.8 Å². The maximum atomic E-state index is 11.8. The molecule has 0 heterocycles. The Hall–Kier alpha value is -2.02. The molecule has 1 atom stereocenters. The van der Waals surface area contributed by atoms with Crippen LogP contribution in [0.15, 0.2) is 24.3 Å². The summed E-state index contributed by atoms with van der Waals surface area (Å²) in [5, 5.41) is 13.8. The van der Waals surface area contributed by atoms with Gasteiger partial charge in [-0.3, -0.25) is 14.4 Å². The molecule has 0 bridgehead atoms. The van der Waals surface area contributed by atoms with Crippen LogP contribution in [0.25, 0.3) is 0 Å². The van der Waals surface area contributed by atoms with Gasteiger partial charge in [0.05, 0.1) is 5.75 Å². The number of anilines is 1. The average molecular weight is 324 g/mol. The Kier molecular flexibility index (Phi) is 7.45. The molecule has 0 saturated carbocycles. The van der Waals surface area contributed by atoms with Gasteiger partial charge in [-0.05, 0) is 43.4 Å². The predicted octanol–water partition coefficient (Wildman–Crippen LogP) is 1.97. The van der Waals surface area contributed by atoms with Crippen LogP contribution in [-0.2, 0) is 9.59 Å². The molecule has 1 aromatic rings. The van der Waals surface area contributed by atoms with Gasteiger partial charge in [-0.1, -0.05) is 6.92 Å². The van der Waals surface area contributed by atoms with E-state index in [2.05, 4.69) is 17.6 Å². The normalized spacial score (nSPS) is 11.5. The van der Waals surface area contributed by atoms with Gasteiger partial charge in [-0.15, -0.1) is 0 Å². The molecule has 0 spiro atoms. The van der Waals surface area contributed by atoms with Crippen LogP contribution in [0.2, 0.25) is 0 Å². The van der Waals surface area contributed by atoms with E-state index in [1.807, 2.05) is 0 Å². The number of amides is 2. The number of hydrogen-bond donors (Lipinski definition) is 3. The molecule has 0 aliphatic heterocycles. The number of rotatable bonds is 8. The SMILES string of the molecule is CCCSCC(=O)Nc1ccc(C(=O)NC(C)C(=O)O)cc1. The van der Waals surface area contributed by atoms with Crippen molar-refractivity contribution in [2.45, 2.75) is 26.3 Å². The van der Waals surface area contributed by atoms with Crippen molar-refractivity contribution in [2.24, 2.45) is 0 Å². The van der Waals surface area contributed by atoms with Gasteiger partial charge in [0.1, 0.15) is 6.04 Å². The minimum absolute atomic E-state index is 0.0878. The first-order valence-corrected chi connectivity index (χ1v) is 8.10. The molecule has 0 aliphatic carbocycles. The summed E-state index contributed by atoms with van der Waals surface area (Å²) >= 11 is 1.57. The number of aliphatic carboxylic acids is 1. The Morgan fingerprint density at radius 3 is 2.41 bits per heavy atom. The standard InChI is InChI=1S/C15H20N2O4S/c1-3-8-22-9-13(18)17-12-6-4-11(5-7-12)14(19)16-10(2)15(20)21/h4-7,10H,3,8-9H2,1-2H3,(H,16,19)(H,17,18)(H,20,21). The molecular formula is C15H20N2O4S. The summed E-state index contributed by atoms with van der Waals surface area (Å²) in [7, 11) is 0. The van der Waals surface area contributed by atoms with Crippen LogP contribution < -0.4 is 10.6 Å². The fraction of sp³-hybridized carbons (Fsp3) is 0.400. The summed E-state index contributed by atoms with van der Waals surface area (Å²) in [4.78, 5) is 34.1. The van der Waals surface area contributed by atoms with E-state index in [1.54, 1.807) is 36.0 Å². The van der Waals surface area contributed by atoms with Gasteiger partial charge in [0.2, 0.25) is 5.91 Å². The lowest BCUT2D eigenvalue weighted by atomic mass is 10.2. The number of nitrogens with one attached hydrogen (secondary N) is 2. The molecule has 0 fully saturated rings. The van der Waals surface area contributed by atoms with Crippen molar-refractivity contribution in [1.29, 1.82) is 0 Å². The molecule has 0 saturated heterocycles. The number of carboxylic acid groups (broad SMARTS) is 1. The van der Waals surface area contributed by atoms with Gasteiger partial charge in [-0.2, -0.15) is 11.8 Å². The summed E-state index contributed by atoms with van der Waals surface area (Å²) in [6.45, 7) is 3.45. The Morgan fingerprint density at radius 2 is 1.86 bits per heavy atom. The van der Waals surface area contributed by atoms with Gasteiger partial charge in [0, 0.05) is 11.3 Å². The molecule has 0 aromatic heterocycles. The minimum atomic E-state index is -1.10. The Labute approximate surface area is 133 Å². The molecule has 120 valence electrons. The van der Waals surface area contributed by atoms with Gasteiger partial charge >= 0.3 is 5.97 Å². The maximum absolute atomic E-state index is 11.8. The van der Waals surface area contributed by atoms with E-state index >= 15 is 0 Å². The van der Waals surface area contributed by atoms with E-state index in [9.17, 15) is 14.4 Å². The zero-order valence-electron chi connectivity index (χ0n) is 12.6. The summed E-state index contributed by atoms with van der Waals surface area (Å²) in [6.07, 6.45) is 1.02. The van der Waals surface area contributed by atoms with E-state index in [-0.39, 0.29) is 5.91 Å². The minimum Gasteiger partial charge on any atom is -0.480 e. The first-order valence-electron chi connectivity index (χ1n) is 6.95. The van der Waals surface area contributed by atoms with E-state index in [1.165, 1.54) is 6.92 Å². The van der Waals surface area contributed by atoms with Gasteiger partial charge < -0.3 is 15.7 Å². The van der Waals surface area contributed by atoms with Crippen LogP contribution in [0.5, 0.6) is 0 Å². The number of carbonyl (C=O) groups excluding carboxylic acids is 2. The molecule has 1 unspecified atom stereocenters. The van der Waals surface area contributed by atoms with Gasteiger partial charge in [0.25, 0.3) is 5.91 Å². The van der Waals surface area contributed by atoms with Crippen molar-refractivity contribution in [1.82, 2.24) is 5.32 Å². The lowest BCUT2D eigenvalue weighted by Crippen LogP contribution is -2.38. The van der Waals surface area contributed by atoms with Crippen LogP contribution in [0.4, 0.5) is 5.69 Å². The average Bonchev–Trinajstić information content (AvgIpc) is 2.48. The molecule has 7 heteroatoms. The van der Waals surface area contributed by atoms with E-state index in [0.29, 0.717) is 17.0 Å². The van der Waals surface area contributed by atoms with Crippen LogP contribution in [0.1, 0.15) is 30.6 Å². The van der Waals surface area contributed by atoms with Crippen molar-refractivity contribution >= 4 is 35.2 Å². The molecule has 6 nitrogen and oxygen atoms in total. The second kappa shape index (κ2) is 9.09. The van der Waals surface area contributed by atoms with Crippen LogP contribution in [0.3, 0.4) is 0 Å². The highest BCUT2D eigenvalue weighted by Crippen LogP contribution is 2.11. The molecule has 3 N–H and O–H groups in total. The van der Waals surface area contributed by atoms with Crippen molar-refractivity contribution in [3.63, 3.8) is 0 Å². The molecule has 22 heavy (non-hydrogen) atoms. The smallest absolute Gasteiger partial charge is 0.325 e. The highest BCUT2D eigenvalue weighted by molar-refractivity contribution is 7.99. The Balaban J connectivity index is 2.53. The zero-order chi connectivity index (χ0) is 16.5.